The summed E-state index contributed by atoms with van der Waals surface area (Å²) in [4.78, 5) is 77.5. The maximum Gasteiger partial charge on any atom is 0.514 e. The van der Waals surface area contributed by atoms with Gasteiger partial charge in [-0.2, -0.15) is 0 Å². The fraction of sp³-hybridized carbons (Fsp3) is 0.200. The van der Waals surface area contributed by atoms with Gasteiger partial charge >= 0.3 is 18.0 Å². The van der Waals surface area contributed by atoms with E-state index in [4.69, 9.17) is 28.2 Å². The van der Waals surface area contributed by atoms with E-state index < -0.39 is 76.3 Å². The average Bonchev–Trinajstić information content (AvgIpc) is 3.36. The van der Waals surface area contributed by atoms with E-state index in [1.54, 1.807) is 54.6 Å². The van der Waals surface area contributed by atoms with Gasteiger partial charge in [0.25, 0.3) is 13.4 Å². The molecule has 1 saturated heterocycles. The highest BCUT2D eigenvalue weighted by atomic mass is 31.3. The zero-order valence-corrected chi connectivity index (χ0v) is 26.8. The summed E-state index contributed by atoms with van der Waals surface area (Å²) in [6.07, 6.45) is -9.53. The van der Waals surface area contributed by atoms with Crippen LogP contribution in [0.25, 0.3) is 0 Å². The number of phosphoric acid groups is 1. The number of carbonyl (C=O) groups is 2. The number of para-hydroxylation sites is 2. The lowest BCUT2D eigenvalue weighted by Gasteiger charge is -2.32. The predicted octanol–water partition coefficient (Wildman–Crippen LogP) is 2.86. The van der Waals surface area contributed by atoms with Crippen LogP contribution in [0.5, 0.6) is 11.5 Å². The van der Waals surface area contributed by atoms with Crippen molar-refractivity contribution < 1.29 is 61.0 Å². The van der Waals surface area contributed by atoms with Crippen molar-refractivity contribution in [2.45, 2.75) is 30.7 Å². The van der Waals surface area contributed by atoms with E-state index in [9.17, 15) is 38.1 Å². The Labute approximate surface area is 276 Å². The van der Waals surface area contributed by atoms with Gasteiger partial charge < -0.3 is 42.6 Å². The molecule has 0 bridgehead atoms. The summed E-state index contributed by atoms with van der Waals surface area (Å²) in [6.45, 7) is -1.09. The maximum absolute atomic E-state index is 12.9. The molecule has 0 amide bonds. The van der Waals surface area contributed by atoms with Crippen LogP contribution >= 0.6 is 15.4 Å². The fourth-order valence-corrected chi connectivity index (χ4v) is 7.20. The van der Waals surface area contributed by atoms with E-state index in [0.29, 0.717) is 0 Å². The van der Waals surface area contributed by atoms with Gasteiger partial charge in [-0.1, -0.05) is 66.7 Å². The first-order valence-corrected chi connectivity index (χ1v) is 17.4. The highest BCUT2D eigenvalue weighted by Gasteiger charge is 2.52. The first kappa shape index (κ1) is 35.4. The fourth-order valence-electron chi connectivity index (χ4n) is 4.58. The van der Waals surface area contributed by atoms with Crippen LogP contribution in [0.1, 0.15) is 11.8 Å². The minimum Gasteiger partial charge on any atom is -0.778 e. The number of rotatable bonds is 12. The van der Waals surface area contributed by atoms with E-state index in [1.165, 1.54) is 36.4 Å². The van der Waals surface area contributed by atoms with Crippen LogP contribution < -0.4 is 30.5 Å². The third-order valence-corrected chi connectivity index (χ3v) is 9.62. The number of H-pyrrole nitrogens is 1. The third-order valence-electron chi connectivity index (χ3n) is 6.60. The van der Waals surface area contributed by atoms with Crippen LogP contribution in [-0.4, -0.2) is 46.8 Å². The predicted molar refractivity (Wildman–Crippen MR) is 162 cm³/mol. The van der Waals surface area contributed by atoms with Crippen LogP contribution in [0.4, 0.5) is 9.59 Å². The van der Waals surface area contributed by atoms with Crippen molar-refractivity contribution in [1.29, 1.82) is 0 Å². The molecule has 0 aliphatic carbocycles. The van der Waals surface area contributed by atoms with Gasteiger partial charge in [0.2, 0.25) is 0 Å². The number of carbonyl (C=O) groups excluding carboxylic acids is 2. The zero-order valence-electron chi connectivity index (χ0n) is 25.0. The monoisotopic (exact) mass is 716 g/mol. The molecule has 3 aromatic carbocycles. The quantitative estimate of drug-likeness (QED) is 0.126. The van der Waals surface area contributed by atoms with Crippen molar-refractivity contribution in [3.05, 3.63) is 130 Å². The zero-order chi connectivity index (χ0) is 35.0. The van der Waals surface area contributed by atoms with Gasteiger partial charge in [-0.15, -0.1) is 0 Å². The molecule has 258 valence electrons. The molecule has 17 nitrogen and oxygen atoms in total. The molecule has 1 aromatic heterocycles. The standard InChI is InChI=1S/C30H28N2O15P2/c33-24-16-17-32(28(34)31-24)27-26(46-30(36)43-22-14-8-3-9-15-22)25(45-29(35)42-21-12-6-2-7-13-21)23(44-27)18-41-49(39,40)47-48(37,38)19-20-10-4-1-5-11-20/h1-17,23,25-27H,18-19H2,(H,37,38)(H,39,40)(H,31,33,34)/p-2/t23-,25+,26?,27-/m1/s1. The van der Waals surface area contributed by atoms with Gasteiger partial charge in [-0.25, -0.2) is 14.4 Å². The Hall–Kier alpha value is -4.86. The lowest BCUT2D eigenvalue weighted by molar-refractivity contribution is -0.234. The molecule has 5 rings (SSSR count). The van der Waals surface area contributed by atoms with E-state index in [2.05, 4.69) is 4.31 Å². The number of nitrogens with one attached hydrogen (secondary N) is 1. The summed E-state index contributed by atoms with van der Waals surface area (Å²) < 4.78 is 62.2. The van der Waals surface area contributed by atoms with Gasteiger partial charge in [0.05, 0.1) is 6.61 Å². The van der Waals surface area contributed by atoms with Gasteiger partial charge in [0.15, 0.2) is 18.4 Å². The SMILES string of the molecule is O=C(Oc1ccccc1)OC1[C@@H](OC(=O)Oc2ccccc2)[C@@H](COP(=O)([O-])OP(=O)([O-])Cc2ccccc2)O[C@H]1n1ccc(=O)[nH]c1=O. The Morgan fingerprint density at radius 2 is 1.31 bits per heavy atom. The second kappa shape index (κ2) is 15.6. The second-order valence-electron chi connectivity index (χ2n) is 10.2. The third kappa shape index (κ3) is 10.1. The number of aromatic nitrogens is 2. The van der Waals surface area contributed by atoms with Crippen LogP contribution in [0.15, 0.2) is 113 Å². The molecular weight excluding hydrogens is 690 g/mol. The molecule has 0 spiro atoms. The van der Waals surface area contributed by atoms with Crippen LogP contribution in [0.3, 0.4) is 0 Å². The number of hydrogen-bond donors (Lipinski definition) is 1. The van der Waals surface area contributed by atoms with Crippen LogP contribution in [0.2, 0.25) is 0 Å². The lowest BCUT2D eigenvalue weighted by atomic mass is 10.1. The molecule has 6 atom stereocenters. The smallest absolute Gasteiger partial charge is 0.514 e. The Kier molecular flexibility index (Phi) is 11.3. The molecule has 1 aliphatic heterocycles. The topological polar surface area (TPSA) is 234 Å². The normalized spacial score (nSPS) is 21.1. The summed E-state index contributed by atoms with van der Waals surface area (Å²) in [5.41, 5.74) is -1.61. The van der Waals surface area contributed by atoms with Crippen molar-refractivity contribution in [3.63, 3.8) is 0 Å². The number of phosphoric ester groups is 1. The molecule has 19 heteroatoms. The molecule has 1 aliphatic rings. The summed E-state index contributed by atoms with van der Waals surface area (Å²) >= 11 is 0. The van der Waals surface area contributed by atoms with Crippen molar-refractivity contribution in [2.75, 3.05) is 6.61 Å². The molecule has 2 heterocycles. The minimum absolute atomic E-state index is 0.0376. The van der Waals surface area contributed by atoms with Gasteiger partial charge in [0, 0.05) is 18.4 Å². The highest BCUT2D eigenvalue weighted by molar-refractivity contribution is 7.62. The van der Waals surface area contributed by atoms with Crippen molar-refractivity contribution in [1.82, 2.24) is 9.55 Å². The maximum atomic E-state index is 12.9. The van der Waals surface area contributed by atoms with Crippen molar-refractivity contribution in [3.8, 4) is 11.5 Å². The molecule has 3 unspecified atom stereocenters. The molecule has 1 fully saturated rings. The Morgan fingerprint density at radius 1 is 0.776 bits per heavy atom. The molecule has 0 radical (unpaired) electrons. The Bertz CT molecular complexity index is 1960. The van der Waals surface area contributed by atoms with E-state index in [0.717, 1.165) is 16.8 Å². The lowest BCUT2D eigenvalue weighted by Crippen LogP contribution is -2.43. The summed E-state index contributed by atoms with van der Waals surface area (Å²) in [7, 11) is -10.7. The van der Waals surface area contributed by atoms with Crippen molar-refractivity contribution in [2.24, 2.45) is 0 Å². The van der Waals surface area contributed by atoms with Crippen LogP contribution in [-0.2, 0) is 38.3 Å². The molecule has 0 saturated carbocycles. The Balaban J connectivity index is 1.42. The van der Waals surface area contributed by atoms with Crippen molar-refractivity contribution >= 4 is 27.7 Å². The second-order valence-corrected chi connectivity index (χ2v) is 13.5. The number of ether oxygens (including phenoxy) is 5. The minimum atomic E-state index is -5.65. The molecule has 1 N–H and O–H groups in total. The Morgan fingerprint density at radius 3 is 1.86 bits per heavy atom. The number of nitrogens with zero attached hydrogens (tertiary/aromatic N) is 1. The average molecular weight is 716 g/mol. The van der Waals surface area contributed by atoms with E-state index >= 15 is 0 Å². The first-order chi connectivity index (χ1) is 23.4. The number of hydrogen-bond acceptors (Lipinski definition) is 15. The van der Waals surface area contributed by atoms with E-state index in [1.807, 2.05) is 4.98 Å². The van der Waals surface area contributed by atoms with E-state index in [-0.39, 0.29) is 17.1 Å². The molecule has 4 aromatic rings. The summed E-state index contributed by atoms with van der Waals surface area (Å²) in [6, 6.07) is 23.8. The van der Waals surface area contributed by atoms with Gasteiger partial charge in [-0.05, 0) is 29.8 Å². The van der Waals surface area contributed by atoms with Crippen LogP contribution in [0, 0.1) is 0 Å². The summed E-state index contributed by atoms with van der Waals surface area (Å²) in [5, 5.41) is 0. The number of benzene rings is 3. The first-order valence-electron chi connectivity index (χ1n) is 14.2. The largest absolute Gasteiger partial charge is 0.778 e. The highest BCUT2D eigenvalue weighted by Crippen LogP contribution is 2.56. The van der Waals surface area contributed by atoms with Gasteiger partial charge in [0.1, 0.15) is 25.2 Å². The molecule has 49 heavy (non-hydrogen) atoms. The summed E-state index contributed by atoms with van der Waals surface area (Å²) in [5.74, 6) is 0.0858. The van der Waals surface area contributed by atoms with Gasteiger partial charge in [-0.3, -0.25) is 23.2 Å². The molecular formula is C30H26N2O15P2-2. The number of aromatic amines is 1.